The standard InChI is InChI=1S/C26H31FN4O3/c1-18(2)24(28-26(33)34-17-19-9-5-4-6-10-19)25(32)31(3)14-8-13-22-16-23(30-29-22)20-11-7-12-21(27)15-20/h4-7,9-12,15-16,18,24H,8,13-14,17H2,1-3H3,(H,28,33)(H,29,30)/t24-/m0/s1. The third-order valence-electron chi connectivity index (χ3n) is 5.49. The highest BCUT2D eigenvalue weighted by molar-refractivity contribution is 5.85. The van der Waals surface area contributed by atoms with Gasteiger partial charge in [-0.05, 0) is 42.5 Å². The van der Waals surface area contributed by atoms with E-state index in [-0.39, 0.29) is 24.2 Å². The Morgan fingerprint density at radius 3 is 2.59 bits per heavy atom. The summed E-state index contributed by atoms with van der Waals surface area (Å²) in [6, 6.07) is 16.9. The second-order valence-corrected chi connectivity index (χ2v) is 8.58. The van der Waals surface area contributed by atoms with Crippen molar-refractivity contribution in [1.29, 1.82) is 0 Å². The average Bonchev–Trinajstić information content (AvgIpc) is 3.30. The molecule has 3 rings (SSSR count). The van der Waals surface area contributed by atoms with E-state index in [1.54, 1.807) is 24.1 Å². The molecule has 8 heteroatoms. The fourth-order valence-electron chi connectivity index (χ4n) is 3.54. The molecule has 2 aromatic carbocycles. The number of nitrogens with one attached hydrogen (secondary N) is 2. The molecule has 2 amide bonds. The molecule has 3 aromatic rings. The first-order valence-corrected chi connectivity index (χ1v) is 11.4. The summed E-state index contributed by atoms with van der Waals surface area (Å²) < 4.78 is 18.7. The lowest BCUT2D eigenvalue weighted by Gasteiger charge is -2.26. The van der Waals surface area contributed by atoms with E-state index in [4.69, 9.17) is 4.74 Å². The number of nitrogens with zero attached hydrogens (tertiary/aromatic N) is 2. The van der Waals surface area contributed by atoms with Crippen LogP contribution in [0.5, 0.6) is 0 Å². The Labute approximate surface area is 199 Å². The van der Waals surface area contributed by atoms with Gasteiger partial charge in [-0.15, -0.1) is 0 Å². The van der Waals surface area contributed by atoms with Gasteiger partial charge in [0.25, 0.3) is 0 Å². The van der Waals surface area contributed by atoms with E-state index in [0.717, 1.165) is 11.3 Å². The van der Waals surface area contributed by atoms with Crippen LogP contribution >= 0.6 is 0 Å². The van der Waals surface area contributed by atoms with Crippen molar-refractivity contribution in [2.24, 2.45) is 5.92 Å². The molecular formula is C26H31FN4O3. The fraction of sp³-hybridized carbons (Fsp3) is 0.346. The van der Waals surface area contributed by atoms with E-state index in [2.05, 4.69) is 15.5 Å². The highest BCUT2D eigenvalue weighted by atomic mass is 19.1. The molecule has 1 atom stereocenters. The molecular weight excluding hydrogens is 435 g/mol. The number of alkyl carbamates (subject to hydrolysis) is 1. The molecule has 0 aliphatic heterocycles. The van der Waals surface area contributed by atoms with Crippen molar-refractivity contribution in [1.82, 2.24) is 20.4 Å². The van der Waals surface area contributed by atoms with Crippen molar-refractivity contribution in [2.75, 3.05) is 13.6 Å². The van der Waals surface area contributed by atoms with Crippen molar-refractivity contribution in [3.8, 4) is 11.3 Å². The minimum atomic E-state index is -0.681. The van der Waals surface area contributed by atoms with Crippen LogP contribution < -0.4 is 5.32 Å². The molecule has 1 aromatic heterocycles. The molecule has 0 aliphatic carbocycles. The lowest BCUT2D eigenvalue weighted by Crippen LogP contribution is -2.50. The maximum absolute atomic E-state index is 13.4. The van der Waals surface area contributed by atoms with E-state index >= 15 is 0 Å². The van der Waals surface area contributed by atoms with Crippen LogP contribution in [-0.4, -0.2) is 46.7 Å². The quantitative estimate of drug-likeness (QED) is 0.459. The van der Waals surface area contributed by atoms with Gasteiger partial charge in [0.1, 0.15) is 18.5 Å². The lowest BCUT2D eigenvalue weighted by atomic mass is 10.0. The predicted octanol–water partition coefficient (Wildman–Crippen LogP) is 4.56. The molecule has 0 radical (unpaired) electrons. The highest BCUT2D eigenvalue weighted by Crippen LogP contribution is 2.19. The number of hydrogen-bond donors (Lipinski definition) is 2. The third kappa shape index (κ3) is 7.16. The second-order valence-electron chi connectivity index (χ2n) is 8.58. The van der Waals surface area contributed by atoms with Crippen molar-refractivity contribution in [2.45, 2.75) is 39.3 Å². The molecule has 0 fully saturated rings. The van der Waals surface area contributed by atoms with Gasteiger partial charge in [-0.3, -0.25) is 9.89 Å². The molecule has 7 nitrogen and oxygen atoms in total. The average molecular weight is 467 g/mol. The normalized spacial score (nSPS) is 11.8. The molecule has 180 valence electrons. The summed E-state index contributed by atoms with van der Waals surface area (Å²) >= 11 is 0. The Hall–Kier alpha value is -3.68. The number of rotatable bonds is 10. The van der Waals surface area contributed by atoms with Gasteiger partial charge >= 0.3 is 6.09 Å². The molecule has 0 saturated carbocycles. The zero-order chi connectivity index (χ0) is 24.5. The van der Waals surface area contributed by atoms with Crippen LogP contribution in [0.15, 0.2) is 60.7 Å². The van der Waals surface area contributed by atoms with Crippen molar-refractivity contribution >= 4 is 12.0 Å². The summed E-state index contributed by atoms with van der Waals surface area (Å²) in [6.45, 7) is 4.42. The maximum atomic E-state index is 13.4. The monoisotopic (exact) mass is 466 g/mol. The van der Waals surface area contributed by atoms with Gasteiger partial charge < -0.3 is 15.0 Å². The summed E-state index contributed by atoms with van der Waals surface area (Å²) in [5.41, 5.74) is 3.17. The van der Waals surface area contributed by atoms with Crippen LogP contribution in [-0.2, 0) is 22.6 Å². The third-order valence-corrected chi connectivity index (χ3v) is 5.49. The molecule has 1 heterocycles. The molecule has 0 saturated heterocycles. The maximum Gasteiger partial charge on any atom is 0.408 e. The number of hydrogen-bond acceptors (Lipinski definition) is 4. The number of aryl methyl sites for hydroxylation is 1. The first kappa shape index (κ1) is 25.0. The van der Waals surface area contributed by atoms with Gasteiger partial charge in [-0.1, -0.05) is 56.3 Å². The summed E-state index contributed by atoms with van der Waals surface area (Å²) in [7, 11) is 1.72. The molecule has 34 heavy (non-hydrogen) atoms. The largest absolute Gasteiger partial charge is 0.445 e. The summed E-state index contributed by atoms with van der Waals surface area (Å²) in [5.74, 6) is -0.572. The lowest BCUT2D eigenvalue weighted by molar-refractivity contribution is -0.133. The predicted molar refractivity (Wildman–Crippen MR) is 128 cm³/mol. The number of carbonyl (C=O) groups excluding carboxylic acids is 2. The van der Waals surface area contributed by atoms with Gasteiger partial charge in [0, 0.05) is 24.8 Å². The molecule has 2 N–H and O–H groups in total. The van der Waals surface area contributed by atoms with Crippen LogP contribution in [0, 0.1) is 11.7 Å². The van der Waals surface area contributed by atoms with Gasteiger partial charge in [-0.25, -0.2) is 9.18 Å². The summed E-state index contributed by atoms with van der Waals surface area (Å²) in [4.78, 5) is 26.8. The Kier molecular flexibility index (Phi) is 8.79. The number of halogens is 1. The molecule has 0 aliphatic rings. The topological polar surface area (TPSA) is 87.3 Å². The van der Waals surface area contributed by atoms with Crippen LogP contribution in [0.4, 0.5) is 9.18 Å². The van der Waals surface area contributed by atoms with Gasteiger partial charge in [0.2, 0.25) is 5.91 Å². The highest BCUT2D eigenvalue weighted by Gasteiger charge is 2.27. The molecule has 0 spiro atoms. The SMILES string of the molecule is CC(C)[C@H](NC(=O)OCc1ccccc1)C(=O)N(C)CCCc1cc(-c2cccc(F)c2)n[nH]1. The van der Waals surface area contributed by atoms with Crippen molar-refractivity contribution < 1.29 is 18.7 Å². The first-order valence-electron chi connectivity index (χ1n) is 11.4. The zero-order valence-electron chi connectivity index (χ0n) is 19.8. The number of ether oxygens (including phenoxy) is 1. The first-order chi connectivity index (χ1) is 16.3. The number of aromatic amines is 1. The number of amides is 2. The van der Waals surface area contributed by atoms with E-state index in [9.17, 15) is 14.0 Å². The Morgan fingerprint density at radius 2 is 1.88 bits per heavy atom. The second kappa shape index (κ2) is 12.0. The van der Waals surface area contributed by atoms with Crippen molar-refractivity contribution in [3.63, 3.8) is 0 Å². The van der Waals surface area contributed by atoms with Crippen LogP contribution in [0.1, 0.15) is 31.5 Å². The molecule has 0 bridgehead atoms. The summed E-state index contributed by atoms with van der Waals surface area (Å²) in [5, 5.41) is 9.92. The number of benzene rings is 2. The van der Waals surface area contributed by atoms with Crippen LogP contribution in [0.25, 0.3) is 11.3 Å². The van der Waals surface area contributed by atoms with Crippen LogP contribution in [0.2, 0.25) is 0 Å². The van der Waals surface area contributed by atoms with Crippen LogP contribution in [0.3, 0.4) is 0 Å². The fourth-order valence-corrected chi connectivity index (χ4v) is 3.54. The zero-order valence-corrected chi connectivity index (χ0v) is 19.8. The van der Waals surface area contributed by atoms with Gasteiger partial charge in [0.05, 0.1) is 5.69 Å². The van der Waals surface area contributed by atoms with Gasteiger partial charge in [0.15, 0.2) is 0 Å². The number of likely N-dealkylation sites (N-methyl/N-ethyl adjacent to an activating group) is 1. The minimum Gasteiger partial charge on any atom is -0.445 e. The van der Waals surface area contributed by atoms with Gasteiger partial charge in [-0.2, -0.15) is 5.10 Å². The van der Waals surface area contributed by atoms with Crippen molar-refractivity contribution in [3.05, 3.63) is 77.7 Å². The van der Waals surface area contributed by atoms with E-state index in [0.29, 0.717) is 30.6 Å². The minimum absolute atomic E-state index is 0.0966. The van der Waals surface area contributed by atoms with E-state index in [1.807, 2.05) is 50.2 Å². The number of carbonyl (C=O) groups is 2. The van der Waals surface area contributed by atoms with E-state index < -0.39 is 12.1 Å². The molecule has 0 unspecified atom stereocenters. The Bertz CT molecular complexity index is 1080. The Balaban J connectivity index is 1.47. The van der Waals surface area contributed by atoms with E-state index in [1.165, 1.54) is 12.1 Å². The summed E-state index contributed by atoms with van der Waals surface area (Å²) in [6.07, 6.45) is 0.765. The smallest absolute Gasteiger partial charge is 0.408 e. The number of aromatic nitrogens is 2. The number of H-pyrrole nitrogens is 1. The Morgan fingerprint density at radius 1 is 1.12 bits per heavy atom.